The van der Waals surface area contributed by atoms with Crippen molar-refractivity contribution in [2.75, 3.05) is 31.2 Å². The third-order valence-corrected chi connectivity index (χ3v) is 4.87. The molecule has 0 unspecified atom stereocenters. The van der Waals surface area contributed by atoms with Crippen molar-refractivity contribution < 1.29 is 9.84 Å². The van der Waals surface area contributed by atoms with Crippen molar-refractivity contribution in [1.82, 2.24) is 9.97 Å². The predicted octanol–water partition coefficient (Wildman–Crippen LogP) is 2.95. The summed E-state index contributed by atoms with van der Waals surface area (Å²) in [6.45, 7) is 3.21. The number of ether oxygens (including phenoxy) is 1. The number of anilines is 1. The molecule has 4 rings (SSSR count). The molecular weight excluding hydrogens is 302 g/mol. The van der Waals surface area contributed by atoms with Crippen molar-refractivity contribution in [3.8, 4) is 17.1 Å². The Morgan fingerprint density at radius 3 is 2.58 bits per heavy atom. The molecule has 2 heterocycles. The SMILES string of the molecule is Oc1ccccc1-c1nc2c(c(N3CCOCC3)n1)CCCCC2. The van der Waals surface area contributed by atoms with Crippen molar-refractivity contribution in [2.45, 2.75) is 32.1 Å². The molecule has 2 aliphatic rings. The molecular formula is C19H23N3O2. The topological polar surface area (TPSA) is 58.5 Å². The summed E-state index contributed by atoms with van der Waals surface area (Å²) in [5.41, 5.74) is 3.16. The van der Waals surface area contributed by atoms with Gasteiger partial charge >= 0.3 is 0 Å². The number of rotatable bonds is 2. The van der Waals surface area contributed by atoms with E-state index in [1.54, 1.807) is 6.07 Å². The van der Waals surface area contributed by atoms with Crippen LogP contribution in [0.1, 0.15) is 30.5 Å². The van der Waals surface area contributed by atoms with Gasteiger partial charge in [-0.25, -0.2) is 9.97 Å². The normalized spacial score (nSPS) is 18.1. The van der Waals surface area contributed by atoms with Crippen LogP contribution < -0.4 is 4.90 Å². The smallest absolute Gasteiger partial charge is 0.165 e. The van der Waals surface area contributed by atoms with E-state index in [0.717, 1.165) is 50.7 Å². The monoisotopic (exact) mass is 325 g/mol. The lowest BCUT2D eigenvalue weighted by Crippen LogP contribution is -2.37. The number of nitrogens with zero attached hydrogens (tertiary/aromatic N) is 3. The number of aromatic nitrogens is 2. The molecule has 2 aromatic rings. The van der Waals surface area contributed by atoms with Crippen molar-refractivity contribution in [3.05, 3.63) is 35.5 Å². The minimum atomic E-state index is 0.235. The van der Waals surface area contributed by atoms with E-state index in [0.29, 0.717) is 11.4 Å². The second kappa shape index (κ2) is 6.77. The van der Waals surface area contributed by atoms with Gasteiger partial charge in [-0.2, -0.15) is 0 Å². The van der Waals surface area contributed by atoms with Crippen LogP contribution in [0.15, 0.2) is 24.3 Å². The van der Waals surface area contributed by atoms with E-state index in [1.807, 2.05) is 18.2 Å². The van der Waals surface area contributed by atoms with Crippen LogP contribution in [-0.2, 0) is 17.6 Å². The summed E-state index contributed by atoms with van der Waals surface area (Å²) in [7, 11) is 0. The lowest BCUT2D eigenvalue weighted by Gasteiger charge is -2.30. The average molecular weight is 325 g/mol. The molecule has 1 aliphatic carbocycles. The summed E-state index contributed by atoms with van der Waals surface area (Å²) in [6.07, 6.45) is 5.65. The molecule has 0 amide bonds. The number of benzene rings is 1. The summed E-state index contributed by atoms with van der Waals surface area (Å²) in [5, 5.41) is 10.2. The summed E-state index contributed by atoms with van der Waals surface area (Å²) in [5.74, 6) is 1.91. The number of hydrogen-bond acceptors (Lipinski definition) is 5. The minimum Gasteiger partial charge on any atom is -0.507 e. The molecule has 1 fully saturated rings. The molecule has 5 heteroatoms. The fourth-order valence-corrected chi connectivity index (χ4v) is 3.57. The molecule has 0 spiro atoms. The van der Waals surface area contributed by atoms with E-state index < -0.39 is 0 Å². The van der Waals surface area contributed by atoms with Crippen molar-refractivity contribution in [3.63, 3.8) is 0 Å². The highest BCUT2D eigenvalue weighted by atomic mass is 16.5. The molecule has 0 atom stereocenters. The van der Waals surface area contributed by atoms with Crippen molar-refractivity contribution in [1.29, 1.82) is 0 Å². The largest absolute Gasteiger partial charge is 0.507 e. The van der Waals surface area contributed by atoms with E-state index in [9.17, 15) is 5.11 Å². The standard InChI is InChI=1S/C19H23N3O2/c23-17-9-5-4-7-15(17)18-20-16-8-3-1-2-6-14(16)19(21-18)22-10-12-24-13-11-22/h4-5,7,9,23H,1-3,6,8,10-13H2. The van der Waals surface area contributed by atoms with Crippen LogP contribution >= 0.6 is 0 Å². The first kappa shape index (κ1) is 15.4. The van der Waals surface area contributed by atoms with Gasteiger partial charge in [-0.15, -0.1) is 0 Å². The molecule has 5 nitrogen and oxygen atoms in total. The number of aryl methyl sites for hydroxylation is 1. The Labute approximate surface area is 142 Å². The molecule has 1 aromatic heterocycles. The Bertz CT molecular complexity index is 727. The zero-order chi connectivity index (χ0) is 16.4. The number of para-hydroxylation sites is 1. The number of aromatic hydroxyl groups is 1. The molecule has 0 saturated carbocycles. The number of morpholine rings is 1. The number of phenolic OH excluding ortho intramolecular Hbond substituents is 1. The van der Waals surface area contributed by atoms with E-state index in [1.165, 1.54) is 24.8 Å². The highest BCUT2D eigenvalue weighted by molar-refractivity contribution is 5.66. The van der Waals surface area contributed by atoms with Gasteiger partial charge in [0, 0.05) is 24.3 Å². The fourth-order valence-electron chi connectivity index (χ4n) is 3.57. The van der Waals surface area contributed by atoms with Gasteiger partial charge in [0.15, 0.2) is 5.82 Å². The van der Waals surface area contributed by atoms with Gasteiger partial charge in [0.1, 0.15) is 11.6 Å². The summed E-state index contributed by atoms with van der Waals surface area (Å²) in [4.78, 5) is 12.0. The van der Waals surface area contributed by atoms with E-state index in [2.05, 4.69) is 4.90 Å². The zero-order valence-electron chi connectivity index (χ0n) is 13.9. The van der Waals surface area contributed by atoms with Crippen LogP contribution in [0.2, 0.25) is 0 Å². The van der Waals surface area contributed by atoms with Crippen LogP contribution in [-0.4, -0.2) is 41.4 Å². The van der Waals surface area contributed by atoms with E-state index in [4.69, 9.17) is 14.7 Å². The number of phenols is 1. The third kappa shape index (κ3) is 2.96. The van der Waals surface area contributed by atoms with Gasteiger partial charge in [-0.1, -0.05) is 18.6 Å². The Balaban J connectivity index is 1.84. The quantitative estimate of drug-likeness (QED) is 0.860. The van der Waals surface area contributed by atoms with Crippen molar-refractivity contribution >= 4 is 5.82 Å². The first-order valence-electron chi connectivity index (χ1n) is 8.84. The Morgan fingerprint density at radius 2 is 1.75 bits per heavy atom. The molecule has 1 saturated heterocycles. The number of fused-ring (bicyclic) bond motifs is 1. The Morgan fingerprint density at radius 1 is 0.958 bits per heavy atom. The Kier molecular flexibility index (Phi) is 4.34. The maximum absolute atomic E-state index is 10.2. The fraction of sp³-hybridized carbons (Fsp3) is 0.474. The average Bonchev–Trinajstić information content (AvgIpc) is 2.87. The zero-order valence-corrected chi connectivity index (χ0v) is 13.9. The van der Waals surface area contributed by atoms with Gasteiger partial charge in [0.05, 0.1) is 18.8 Å². The van der Waals surface area contributed by atoms with Crippen molar-refractivity contribution in [2.24, 2.45) is 0 Å². The third-order valence-electron chi connectivity index (χ3n) is 4.87. The predicted molar refractivity (Wildman–Crippen MR) is 93.4 cm³/mol. The van der Waals surface area contributed by atoms with Gasteiger partial charge < -0.3 is 14.7 Å². The lowest BCUT2D eigenvalue weighted by atomic mass is 10.1. The lowest BCUT2D eigenvalue weighted by molar-refractivity contribution is 0.122. The maximum Gasteiger partial charge on any atom is 0.165 e. The van der Waals surface area contributed by atoms with Gasteiger partial charge in [0.25, 0.3) is 0 Å². The van der Waals surface area contributed by atoms with Gasteiger partial charge in [-0.3, -0.25) is 0 Å². The molecule has 1 aliphatic heterocycles. The summed E-state index contributed by atoms with van der Waals surface area (Å²) in [6, 6.07) is 7.32. The van der Waals surface area contributed by atoms with Crippen LogP contribution in [0, 0.1) is 0 Å². The van der Waals surface area contributed by atoms with Gasteiger partial charge in [-0.05, 0) is 37.8 Å². The second-order valence-electron chi connectivity index (χ2n) is 6.47. The molecule has 1 N–H and O–H groups in total. The highest BCUT2D eigenvalue weighted by Gasteiger charge is 2.23. The first-order chi connectivity index (χ1) is 11.8. The van der Waals surface area contributed by atoms with Crippen LogP contribution in [0.3, 0.4) is 0 Å². The molecule has 1 aromatic carbocycles. The van der Waals surface area contributed by atoms with Crippen LogP contribution in [0.4, 0.5) is 5.82 Å². The van der Waals surface area contributed by atoms with Gasteiger partial charge in [0.2, 0.25) is 0 Å². The minimum absolute atomic E-state index is 0.235. The molecule has 0 bridgehead atoms. The Hall–Kier alpha value is -2.14. The maximum atomic E-state index is 10.2. The van der Waals surface area contributed by atoms with E-state index >= 15 is 0 Å². The van der Waals surface area contributed by atoms with Crippen LogP contribution in [0.25, 0.3) is 11.4 Å². The van der Waals surface area contributed by atoms with Crippen LogP contribution in [0.5, 0.6) is 5.75 Å². The first-order valence-corrected chi connectivity index (χ1v) is 8.84. The van der Waals surface area contributed by atoms with E-state index in [-0.39, 0.29) is 5.75 Å². The molecule has 24 heavy (non-hydrogen) atoms. The molecule has 126 valence electrons. The summed E-state index contributed by atoms with van der Waals surface area (Å²) >= 11 is 0. The number of hydrogen-bond donors (Lipinski definition) is 1. The molecule has 0 radical (unpaired) electrons. The highest BCUT2D eigenvalue weighted by Crippen LogP contribution is 2.33. The second-order valence-corrected chi connectivity index (χ2v) is 6.47. The summed E-state index contributed by atoms with van der Waals surface area (Å²) < 4.78 is 5.50.